The van der Waals surface area contributed by atoms with Crippen molar-refractivity contribution in [2.24, 2.45) is 5.92 Å². The van der Waals surface area contributed by atoms with Gasteiger partial charge in [-0.05, 0) is 49.1 Å². The average molecular weight is 406 g/mol. The molecule has 28 heavy (non-hydrogen) atoms. The van der Waals surface area contributed by atoms with Crippen molar-refractivity contribution in [3.63, 3.8) is 0 Å². The lowest BCUT2D eigenvalue weighted by molar-refractivity contribution is 0.310. The molecule has 0 radical (unpaired) electrons. The summed E-state index contributed by atoms with van der Waals surface area (Å²) in [6.45, 7) is 4.55. The van der Waals surface area contributed by atoms with Crippen LogP contribution in [-0.2, 0) is 16.6 Å². The lowest BCUT2D eigenvalue weighted by Gasteiger charge is -2.22. The van der Waals surface area contributed by atoms with Crippen LogP contribution in [0.3, 0.4) is 0 Å². The van der Waals surface area contributed by atoms with Gasteiger partial charge in [0.2, 0.25) is 10.0 Å². The number of aromatic nitrogens is 5. The molecule has 4 rings (SSSR count). The highest BCUT2D eigenvalue weighted by Gasteiger charge is 2.26. The van der Waals surface area contributed by atoms with Gasteiger partial charge < -0.3 is 15.6 Å². The Morgan fingerprint density at radius 3 is 2.79 bits per heavy atom. The number of hydrogen-bond donors (Lipinski definition) is 3. The molecule has 4 heterocycles. The van der Waals surface area contributed by atoms with Gasteiger partial charge in [0.1, 0.15) is 10.4 Å². The van der Waals surface area contributed by atoms with Gasteiger partial charge in [0.15, 0.2) is 17.3 Å². The Balaban J connectivity index is 1.74. The van der Waals surface area contributed by atoms with Crippen LogP contribution in [0.15, 0.2) is 21.9 Å². The lowest BCUT2D eigenvalue weighted by Crippen LogP contribution is -2.36. The largest absolute Gasteiger partial charge is 0.379 e. The second-order valence-electron chi connectivity index (χ2n) is 6.73. The Kier molecular flexibility index (Phi) is 5.00. The van der Waals surface area contributed by atoms with E-state index in [0.29, 0.717) is 35.9 Å². The molecule has 1 saturated heterocycles. The monoisotopic (exact) mass is 406 g/mol. The second-order valence-corrected chi connectivity index (χ2v) is 8.46. The predicted octanol–water partition coefficient (Wildman–Crippen LogP) is 0.361. The Morgan fingerprint density at radius 2 is 2.11 bits per heavy atom. The normalized spacial score (nSPS) is 16.0. The van der Waals surface area contributed by atoms with E-state index in [4.69, 9.17) is 5.73 Å². The summed E-state index contributed by atoms with van der Waals surface area (Å²) in [7, 11) is -3.77. The molecule has 1 aliphatic heterocycles. The van der Waals surface area contributed by atoms with Crippen LogP contribution in [-0.4, -0.2) is 52.9 Å². The lowest BCUT2D eigenvalue weighted by atomic mass is 9.99. The summed E-state index contributed by atoms with van der Waals surface area (Å²) in [5.74, 6) is 0.793. The molecule has 0 spiro atoms. The molecule has 0 unspecified atom stereocenters. The molecule has 1 fully saturated rings. The number of anilines is 1. The van der Waals surface area contributed by atoms with Crippen molar-refractivity contribution in [1.82, 2.24) is 34.9 Å². The van der Waals surface area contributed by atoms with Gasteiger partial charge >= 0.3 is 0 Å². The Morgan fingerprint density at radius 1 is 1.32 bits per heavy atom. The van der Waals surface area contributed by atoms with E-state index in [1.54, 1.807) is 4.57 Å². The summed E-state index contributed by atoms with van der Waals surface area (Å²) < 4.78 is 35.2. The van der Waals surface area contributed by atoms with E-state index in [0.717, 1.165) is 25.9 Å². The molecule has 0 bridgehead atoms. The van der Waals surface area contributed by atoms with E-state index in [2.05, 4.69) is 34.9 Å². The van der Waals surface area contributed by atoms with Crippen molar-refractivity contribution in [3.05, 3.63) is 12.4 Å². The maximum Gasteiger partial charge on any atom is 0.244 e. The highest BCUT2D eigenvalue weighted by Crippen LogP contribution is 2.29. The van der Waals surface area contributed by atoms with Crippen molar-refractivity contribution in [2.75, 3.05) is 25.4 Å². The van der Waals surface area contributed by atoms with Gasteiger partial charge in [-0.2, -0.15) is 0 Å². The first-order chi connectivity index (χ1) is 13.5. The van der Waals surface area contributed by atoms with Crippen LogP contribution in [0.5, 0.6) is 0 Å². The summed E-state index contributed by atoms with van der Waals surface area (Å²) in [6.07, 6.45) is 4.75. The zero-order valence-corrected chi connectivity index (χ0v) is 16.2. The number of nitrogen functional groups attached to an aromatic ring is 1. The molecule has 3 aromatic rings. The van der Waals surface area contributed by atoms with Gasteiger partial charge in [0, 0.05) is 19.3 Å². The molecular formula is C16H22N8O3S. The third kappa shape index (κ3) is 3.34. The van der Waals surface area contributed by atoms with Crippen LogP contribution in [0, 0.1) is 5.92 Å². The number of sulfonamides is 1. The highest BCUT2D eigenvalue weighted by molar-refractivity contribution is 7.89. The molecule has 3 aromatic heterocycles. The van der Waals surface area contributed by atoms with Gasteiger partial charge in [-0.3, -0.25) is 4.98 Å². The van der Waals surface area contributed by atoms with Gasteiger partial charge in [-0.15, -0.1) is 0 Å². The van der Waals surface area contributed by atoms with E-state index in [-0.39, 0.29) is 16.4 Å². The van der Waals surface area contributed by atoms with E-state index in [1.807, 2.05) is 6.92 Å². The maximum atomic E-state index is 13.0. The average Bonchev–Trinajstić information content (AvgIpc) is 3.29. The Bertz CT molecular complexity index is 1080. The molecule has 11 nitrogen and oxygen atoms in total. The molecule has 0 aromatic carbocycles. The first kappa shape index (κ1) is 18.8. The number of piperidine rings is 1. The summed E-state index contributed by atoms with van der Waals surface area (Å²) >= 11 is 0. The van der Waals surface area contributed by atoms with Gasteiger partial charge in [0.05, 0.1) is 11.7 Å². The standard InChI is InChI=1S/C16H22N8O3S/c1-2-24-14-11(21-16(24)13-15(17)23-27-22-13)8-19-9-12(14)28(25,26)20-7-10-3-5-18-6-4-10/h8-10,18,20H,2-7H2,1H3,(H2,17,23). The fraction of sp³-hybridized carbons (Fsp3) is 0.500. The van der Waals surface area contributed by atoms with Crippen molar-refractivity contribution in [1.29, 1.82) is 0 Å². The number of pyridine rings is 1. The smallest absolute Gasteiger partial charge is 0.244 e. The highest BCUT2D eigenvalue weighted by atomic mass is 32.2. The molecule has 0 saturated carbocycles. The Hall–Kier alpha value is -2.57. The number of aryl methyl sites for hydroxylation is 1. The van der Waals surface area contributed by atoms with E-state index in [9.17, 15) is 8.42 Å². The fourth-order valence-corrected chi connectivity index (χ4v) is 4.76. The van der Waals surface area contributed by atoms with Gasteiger partial charge in [0.25, 0.3) is 0 Å². The minimum atomic E-state index is -3.77. The van der Waals surface area contributed by atoms with Crippen LogP contribution in [0.2, 0.25) is 0 Å². The maximum absolute atomic E-state index is 13.0. The van der Waals surface area contributed by atoms with Gasteiger partial charge in [-0.1, -0.05) is 0 Å². The third-order valence-corrected chi connectivity index (χ3v) is 6.39. The van der Waals surface area contributed by atoms with E-state index >= 15 is 0 Å². The summed E-state index contributed by atoms with van der Waals surface area (Å²) in [5, 5.41) is 10.6. The van der Waals surface area contributed by atoms with Crippen molar-refractivity contribution >= 4 is 26.9 Å². The molecule has 0 amide bonds. The zero-order valence-electron chi connectivity index (χ0n) is 15.4. The van der Waals surface area contributed by atoms with Crippen molar-refractivity contribution in [3.8, 4) is 11.5 Å². The van der Waals surface area contributed by atoms with Crippen molar-refractivity contribution < 1.29 is 13.0 Å². The molecule has 4 N–H and O–H groups in total. The number of fused-ring (bicyclic) bond motifs is 1. The number of nitrogens with zero attached hydrogens (tertiary/aromatic N) is 5. The van der Waals surface area contributed by atoms with E-state index in [1.165, 1.54) is 12.4 Å². The number of nitrogens with two attached hydrogens (primary N) is 1. The first-order valence-corrected chi connectivity index (χ1v) is 10.6. The summed E-state index contributed by atoms with van der Waals surface area (Å²) in [5.41, 5.74) is 6.95. The van der Waals surface area contributed by atoms with Crippen LogP contribution in [0.25, 0.3) is 22.6 Å². The number of hydrogen-bond acceptors (Lipinski definition) is 9. The fourth-order valence-electron chi connectivity index (χ4n) is 3.48. The quantitative estimate of drug-likeness (QED) is 0.526. The summed E-state index contributed by atoms with van der Waals surface area (Å²) in [6, 6.07) is 0. The Labute approximate surface area is 161 Å². The van der Waals surface area contributed by atoms with Crippen molar-refractivity contribution in [2.45, 2.75) is 31.2 Å². The second kappa shape index (κ2) is 7.45. The van der Waals surface area contributed by atoms with E-state index < -0.39 is 10.0 Å². The summed E-state index contributed by atoms with van der Waals surface area (Å²) in [4.78, 5) is 8.62. The minimum Gasteiger partial charge on any atom is -0.379 e. The molecule has 1 aliphatic rings. The number of nitrogens with one attached hydrogen (secondary N) is 2. The molecule has 0 aliphatic carbocycles. The third-order valence-electron chi connectivity index (χ3n) is 4.97. The van der Waals surface area contributed by atoms with Crippen LogP contribution in [0.1, 0.15) is 19.8 Å². The number of rotatable bonds is 6. The van der Waals surface area contributed by atoms with Gasteiger partial charge in [-0.25, -0.2) is 22.8 Å². The van der Waals surface area contributed by atoms with Crippen LogP contribution >= 0.6 is 0 Å². The predicted molar refractivity (Wildman–Crippen MR) is 102 cm³/mol. The SMILES string of the molecule is CCn1c(-c2nonc2N)nc2cncc(S(=O)(=O)NCC3CCNCC3)c21. The van der Waals surface area contributed by atoms with Crippen LogP contribution < -0.4 is 15.8 Å². The molecule has 12 heteroatoms. The molecule has 0 atom stereocenters. The zero-order chi connectivity index (χ0) is 19.7. The molecule has 150 valence electrons. The first-order valence-electron chi connectivity index (χ1n) is 9.14. The molecular weight excluding hydrogens is 384 g/mol. The number of imidazole rings is 1. The topological polar surface area (TPSA) is 154 Å². The van der Waals surface area contributed by atoms with Crippen LogP contribution in [0.4, 0.5) is 5.82 Å². The minimum absolute atomic E-state index is 0.0783.